The van der Waals surface area contributed by atoms with Crippen LogP contribution in [0.3, 0.4) is 0 Å². The van der Waals surface area contributed by atoms with Crippen molar-refractivity contribution in [3.63, 3.8) is 0 Å². The van der Waals surface area contributed by atoms with Crippen LogP contribution in [-0.2, 0) is 6.54 Å². The highest BCUT2D eigenvalue weighted by Gasteiger charge is 2.01. The van der Waals surface area contributed by atoms with E-state index in [0.29, 0.717) is 12.1 Å². The molecule has 0 bridgehead atoms. The zero-order chi connectivity index (χ0) is 8.27. The molecule has 60 valence electrons. The Balaban J connectivity index is 2.91. The van der Waals surface area contributed by atoms with Crippen LogP contribution < -0.4 is 5.73 Å². The van der Waals surface area contributed by atoms with Gasteiger partial charge in [0.1, 0.15) is 6.17 Å². The minimum atomic E-state index is -0.901. The van der Waals surface area contributed by atoms with Gasteiger partial charge in [-0.3, -0.25) is 0 Å². The van der Waals surface area contributed by atoms with Gasteiger partial charge in [-0.15, -0.1) is 0 Å². The smallest absolute Gasteiger partial charge is 0.122 e. The topological polar surface area (TPSA) is 26.0 Å². The third-order valence-electron chi connectivity index (χ3n) is 1.65. The molecule has 1 aromatic carbocycles. The van der Waals surface area contributed by atoms with Crippen molar-refractivity contribution in [2.24, 2.45) is 5.73 Å². The maximum atomic E-state index is 12.7. The van der Waals surface area contributed by atoms with Crippen molar-refractivity contribution in [2.45, 2.75) is 19.6 Å². The Morgan fingerprint density at radius 3 is 2.82 bits per heavy atom. The molecule has 0 saturated carbocycles. The standard InChI is InChI=1S/C9H12FN/c1-7(10)9-4-2-3-8(5-9)6-11/h2-5,7H,6,11H2,1H3. The van der Waals surface area contributed by atoms with E-state index in [9.17, 15) is 4.39 Å². The molecule has 0 aliphatic heterocycles. The van der Waals surface area contributed by atoms with Gasteiger partial charge in [-0.2, -0.15) is 0 Å². The number of halogens is 1. The third-order valence-corrected chi connectivity index (χ3v) is 1.65. The number of nitrogens with two attached hydrogens (primary N) is 1. The van der Waals surface area contributed by atoms with Crippen LogP contribution in [0.1, 0.15) is 24.2 Å². The molecule has 0 aliphatic rings. The first-order valence-corrected chi connectivity index (χ1v) is 3.67. The van der Waals surface area contributed by atoms with Crippen LogP contribution >= 0.6 is 0 Å². The molecular formula is C9H12FN. The van der Waals surface area contributed by atoms with Gasteiger partial charge in [0.2, 0.25) is 0 Å². The summed E-state index contributed by atoms with van der Waals surface area (Å²) in [6.45, 7) is 2.00. The molecule has 1 unspecified atom stereocenters. The highest BCUT2D eigenvalue weighted by molar-refractivity contribution is 5.24. The second kappa shape index (κ2) is 3.49. The van der Waals surface area contributed by atoms with E-state index in [1.54, 1.807) is 12.1 Å². The number of hydrogen-bond acceptors (Lipinski definition) is 1. The number of rotatable bonds is 2. The summed E-state index contributed by atoms with van der Waals surface area (Å²) in [6, 6.07) is 7.29. The Morgan fingerprint density at radius 2 is 2.27 bits per heavy atom. The van der Waals surface area contributed by atoms with Gasteiger partial charge in [0.25, 0.3) is 0 Å². The van der Waals surface area contributed by atoms with Crippen LogP contribution in [0.2, 0.25) is 0 Å². The van der Waals surface area contributed by atoms with Gasteiger partial charge in [-0.1, -0.05) is 24.3 Å². The molecule has 1 aromatic rings. The van der Waals surface area contributed by atoms with Gasteiger partial charge in [0, 0.05) is 6.54 Å². The Hall–Kier alpha value is -0.890. The van der Waals surface area contributed by atoms with Crippen LogP contribution in [0.4, 0.5) is 4.39 Å². The molecule has 0 saturated heterocycles. The fourth-order valence-corrected chi connectivity index (χ4v) is 0.968. The van der Waals surface area contributed by atoms with Crippen molar-refractivity contribution >= 4 is 0 Å². The normalized spacial score (nSPS) is 13.0. The zero-order valence-corrected chi connectivity index (χ0v) is 6.55. The molecule has 0 radical (unpaired) electrons. The second-order valence-corrected chi connectivity index (χ2v) is 2.57. The van der Waals surface area contributed by atoms with E-state index in [2.05, 4.69) is 0 Å². The van der Waals surface area contributed by atoms with Crippen molar-refractivity contribution < 1.29 is 4.39 Å². The summed E-state index contributed by atoms with van der Waals surface area (Å²) < 4.78 is 12.7. The monoisotopic (exact) mass is 153 g/mol. The number of alkyl halides is 1. The number of hydrogen-bond donors (Lipinski definition) is 1. The molecule has 1 atom stereocenters. The van der Waals surface area contributed by atoms with E-state index in [1.165, 1.54) is 6.92 Å². The maximum absolute atomic E-state index is 12.7. The lowest BCUT2D eigenvalue weighted by atomic mass is 10.1. The first kappa shape index (κ1) is 8.21. The molecule has 11 heavy (non-hydrogen) atoms. The lowest BCUT2D eigenvalue weighted by Gasteiger charge is -2.03. The molecule has 2 N–H and O–H groups in total. The molecule has 0 aromatic heterocycles. The molecule has 1 nitrogen and oxygen atoms in total. The molecule has 1 rings (SSSR count). The van der Waals surface area contributed by atoms with E-state index in [4.69, 9.17) is 5.73 Å². The van der Waals surface area contributed by atoms with Gasteiger partial charge in [0.15, 0.2) is 0 Å². The van der Waals surface area contributed by atoms with Crippen LogP contribution in [0.25, 0.3) is 0 Å². The van der Waals surface area contributed by atoms with Gasteiger partial charge in [-0.25, -0.2) is 4.39 Å². The van der Waals surface area contributed by atoms with Crippen molar-refractivity contribution in [1.29, 1.82) is 0 Å². The van der Waals surface area contributed by atoms with Crippen molar-refractivity contribution in [3.05, 3.63) is 35.4 Å². The first-order chi connectivity index (χ1) is 5.24. The van der Waals surface area contributed by atoms with Crippen LogP contribution in [-0.4, -0.2) is 0 Å². The predicted octanol–water partition coefficient (Wildman–Crippen LogP) is 2.18. The largest absolute Gasteiger partial charge is 0.326 e. The van der Waals surface area contributed by atoms with Crippen LogP contribution in [0, 0.1) is 0 Å². The fourth-order valence-electron chi connectivity index (χ4n) is 0.968. The van der Waals surface area contributed by atoms with E-state index in [1.807, 2.05) is 12.1 Å². The average Bonchev–Trinajstić information content (AvgIpc) is 2.05. The molecular weight excluding hydrogens is 141 g/mol. The molecule has 0 heterocycles. The second-order valence-electron chi connectivity index (χ2n) is 2.57. The molecule has 0 amide bonds. The highest BCUT2D eigenvalue weighted by atomic mass is 19.1. The summed E-state index contributed by atoms with van der Waals surface area (Å²) in [7, 11) is 0. The Kier molecular flexibility index (Phi) is 2.60. The van der Waals surface area contributed by atoms with Crippen LogP contribution in [0.15, 0.2) is 24.3 Å². The lowest BCUT2D eigenvalue weighted by Crippen LogP contribution is -1.97. The summed E-state index contributed by atoms with van der Waals surface area (Å²) in [4.78, 5) is 0. The Labute approximate surface area is 66.0 Å². The molecule has 2 heteroatoms. The first-order valence-electron chi connectivity index (χ1n) is 3.67. The Morgan fingerprint density at radius 1 is 1.55 bits per heavy atom. The summed E-state index contributed by atoms with van der Waals surface area (Å²) in [5, 5.41) is 0. The quantitative estimate of drug-likeness (QED) is 0.692. The molecule has 0 aliphatic carbocycles. The predicted molar refractivity (Wildman–Crippen MR) is 43.9 cm³/mol. The molecule has 0 fully saturated rings. The van der Waals surface area contributed by atoms with E-state index >= 15 is 0 Å². The van der Waals surface area contributed by atoms with Crippen LogP contribution in [0.5, 0.6) is 0 Å². The van der Waals surface area contributed by atoms with Gasteiger partial charge >= 0.3 is 0 Å². The van der Waals surface area contributed by atoms with E-state index in [0.717, 1.165) is 5.56 Å². The van der Waals surface area contributed by atoms with Gasteiger partial charge < -0.3 is 5.73 Å². The van der Waals surface area contributed by atoms with E-state index < -0.39 is 6.17 Å². The minimum absolute atomic E-state index is 0.473. The summed E-state index contributed by atoms with van der Waals surface area (Å²) in [5.41, 5.74) is 7.08. The maximum Gasteiger partial charge on any atom is 0.122 e. The zero-order valence-electron chi connectivity index (χ0n) is 6.55. The summed E-state index contributed by atoms with van der Waals surface area (Å²) in [6.07, 6.45) is -0.901. The lowest BCUT2D eigenvalue weighted by molar-refractivity contribution is 0.374. The van der Waals surface area contributed by atoms with E-state index in [-0.39, 0.29) is 0 Å². The van der Waals surface area contributed by atoms with Gasteiger partial charge in [-0.05, 0) is 18.1 Å². The summed E-state index contributed by atoms with van der Waals surface area (Å²) >= 11 is 0. The van der Waals surface area contributed by atoms with Crippen molar-refractivity contribution in [3.8, 4) is 0 Å². The molecule has 0 spiro atoms. The SMILES string of the molecule is CC(F)c1cccc(CN)c1. The Bertz CT molecular complexity index is 233. The van der Waals surface area contributed by atoms with Crippen molar-refractivity contribution in [2.75, 3.05) is 0 Å². The average molecular weight is 153 g/mol. The van der Waals surface area contributed by atoms with Crippen molar-refractivity contribution in [1.82, 2.24) is 0 Å². The summed E-state index contributed by atoms with van der Waals surface area (Å²) in [5.74, 6) is 0. The fraction of sp³-hybridized carbons (Fsp3) is 0.333. The third kappa shape index (κ3) is 2.02. The number of benzene rings is 1. The highest BCUT2D eigenvalue weighted by Crippen LogP contribution is 2.16. The minimum Gasteiger partial charge on any atom is -0.326 e. The van der Waals surface area contributed by atoms with Gasteiger partial charge in [0.05, 0.1) is 0 Å².